The van der Waals surface area contributed by atoms with E-state index in [1.54, 1.807) is 18.4 Å². The molecular formula is C21H26FN5O4. The Morgan fingerprint density at radius 3 is 2.61 bits per heavy atom. The molecule has 0 radical (unpaired) electrons. The van der Waals surface area contributed by atoms with Crippen molar-refractivity contribution in [3.8, 4) is 0 Å². The standard InChI is InChI=1S/C21H26FN5O4/c1-10-18-14(15(20(29)25-23)8-17(28)27(18)13-3-4-13)7-16(22)19(10)26-6-5-12(9-26)11(2)24-21(30)31/h7-8,11-13,24H,3-6,9,23H2,1-2H3,(H,25,29)(H,30,31)/t11-,12+/m0/s1. The fraction of sp³-hybridized carbons (Fsp3) is 0.476. The summed E-state index contributed by atoms with van der Waals surface area (Å²) < 4.78 is 17.0. The van der Waals surface area contributed by atoms with Crippen LogP contribution in [0.4, 0.5) is 14.9 Å². The maximum absolute atomic E-state index is 15.4. The van der Waals surface area contributed by atoms with Gasteiger partial charge in [0.2, 0.25) is 0 Å². The number of nitrogens with zero attached hydrogens (tertiary/aromatic N) is 2. The molecule has 5 N–H and O–H groups in total. The Bertz CT molecular complexity index is 1130. The highest BCUT2D eigenvalue weighted by atomic mass is 19.1. The molecule has 2 amide bonds. The molecule has 31 heavy (non-hydrogen) atoms. The Hall–Kier alpha value is -3.14. The zero-order valence-corrected chi connectivity index (χ0v) is 17.4. The normalized spacial score (nSPS) is 19.5. The number of halogens is 1. The number of fused-ring (bicyclic) bond motifs is 1. The molecule has 2 aliphatic rings. The zero-order chi connectivity index (χ0) is 22.4. The van der Waals surface area contributed by atoms with Gasteiger partial charge in [-0.05, 0) is 50.7 Å². The molecule has 0 bridgehead atoms. The van der Waals surface area contributed by atoms with Crippen molar-refractivity contribution in [1.29, 1.82) is 0 Å². The number of amides is 2. The van der Waals surface area contributed by atoms with Crippen molar-refractivity contribution >= 4 is 28.6 Å². The molecule has 4 rings (SSSR count). The van der Waals surface area contributed by atoms with Gasteiger partial charge in [0.05, 0.1) is 16.8 Å². The Labute approximate surface area is 178 Å². The number of carbonyl (C=O) groups excluding carboxylic acids is 1. The Morgan fingerprint density at radius 2 is 2.00 bits per heavy atom. The van der Waals surface area contributed by atoms with E-state index in [1.807, 2.05) is 10.3 Å². The van der Waals surface area contributed by atoms with Gasteiger partial charge in [0.25, 0.3) is 11.5 Å². The Balaban J connectivity index is 1.83. The molecular weight excluding hydrogens is 405 g/mol. The number of benzene rings is 1. The topological polar surface area (TPSA) is 130 Å². The van der Waals surface area contributed by atoms with Crippen LogP contribution in [0.3, 0.4) is 0 Å². The van der Waals surface area contributed by atoms with Crippen LogP contribution in [0, 0.1) is 18.7 Å². The smallest absolute Gasteiger partial charge is 0.404 e. The number of hydrazine groups is 1. The lowest BCUT2D eigenvalue weighted by molar-refractivity contribution is 0.0955. The number of aromatic nitrogens is 1. The lowest BCUT2D eigenvalue weighted by atomic mass is 10.0. The van der Waals surface area contributed by atoms with Crippen LogP contribution in [0.5, 0.6) is 0 Å². The highest BCUT2D eigenvalue weighted by molar-refractivity contribution is 6.07. The van der Waals surface area contributed by atoms with E-state index < -0.39 is 17.8 Å². The number of nitrogens with one attached hydrogen (secondary N) is 2. The van der Waals surface area contributed by atoms with Gasteiger partial charge in [-0.25, -0.2) is 15.0 Å². The fourth-order valence-corrected chi connectivity index (χ4v) is 4.71. The largest absolute Gasteiger partial charge is 0.465 e. The summed E-state index contributed by atoms with van der Waals surface area (Å²) in [6.07, 6.45) is 1.34. The number of nitrogens with two attached hydrogens (primary N) is 1. The number of aryl methyl sites for hydroxylation is 1. The monoisotopic (exact) mass is 431 g/mol. The second-order valence-electron chi connectivity index (χ2n) is 8.43. The third-order valence-electron chi connectivity index (χ3n) is 6.39. The number of hydrogen-bond donors (Lipinski definition) is 4. The average Bonchev–Trinajstić information content (AvgIpc) is 3.43. The van der Waals surface area contributed by atoms with Gasteiger partial charge in [-0.3, -0.25) is 15.0 Å². The van der Waals surface area contributed by atoms with Gasteiger partial charge in [-0.2, -0.15) is 0 Å². The first-order chi connectivity index (χ1) is 14.7. The average molecular weight is 431 g/mol. The highest BCUT2D eigenvalue weighted by Gasteiger charge is 2.33. The lowest BCUT2D eigenvalue weighted by Crippen LogP contribution is -2.38. The number of carboxylic acid groups (broad SMARTS) is 1. The fourth-order valence-electron chi connectivity index (χ4n) is 4.71. The SMILES string of the molecule is Cc1c(N2CC[C@@H]([C@H](C)NC(=O)O)C2)c(F)cc2c(C(=O)NN)cc(=O)n(C3CC3)c12. The van der Waals surface area contributed by atoms with E-state index in [0.29, 0.717) is 41.7 Å². The third-order valence-corrected chi connectivity index (χ3v) is 6.39. The van der Waals surface area contributed by atoms with Gasteiger partial charge in [0.15, 0.2) is 0 Å². The molecule has 1 aliphatic heterocycles. The van der Waals surface area contributed by atoms with E-state index in [9.17, 15) is 14.4 Å². The van der Waals surface area contributed by atoms with Crippen LogP contribution in [-0.2, 0) is 0 Å². The molecule has 1 aromatic carbocycles. The number of anilines is 1. The van der Waals surface area contributed by atoms with Crippen LogP contribution in [0.1, 0.15) is 48.1 Å². The van der Waals surface area contributed by atoms with Crippen LogP contribution in [0.2, 0.25) is 0 Å². The molecule has 9 nitrogen and oxygen atoms in total. The van der Waals surface area contributed by atoms with E-state index in [-0.39, 0.29) is 29.1 Å². The van der Waals surface area contributed by atoms with Gasteiger partial charge < -0.3 is 19.9 Å². The Morgan fingerprint density at radius 1 is 1.29 bits per heavy atom. The minimum absolute atomic E-state index is 0.0329. The molecule has 2 heterocycles. The number of hydrogen-bond acceptors (Lipinski definition) is 5. The molecule has 2 atom stereocenters. The molecule has 2 fully saturated rings. The summed E-state index contributed by atoms with van der Waals surface area (Å²) in [5.41, 5.74) is 3.29. The van der Waals surface area contributed by atoms with Crippen molar-refractivity contribution in [3.05, 3.63) is 39.4 Å². The van der Waals surface area contributed by atoms with E-state index in [1.165, 1.54) is 12.1 Å². The van der Waals surface area contributed by atoms with Crippen LogP contribution < -0.4 is 27.0 Å². The summed E-state index contributed by atoms with van der Waals surface area (Å²) in [4.78, 5) is 38.0. The first kappa shape index (κ1) is 21.1. The molecule has 1 aromatic heterocycles. The summed E-state index contributed by atoms with van der Waals surface area (Å²) >= 11 is 0. The molecule has 166 valence electrons. The number of carbonyl (C=O) groups is 2. The third kappa shape index (κ3) is 3.71. The summed E-state index contributed by atoms with van der Waals surface area (Å²) in [5.74, 6) is 4.18. The van der Waals surface area contributed by atoms with E-state index in [2.05, 4.69) is 5.32 Å². The lowest BCUT2D eigenvalue weighted by Gasteiger charge is -2.26. The first-order valence-electron chi connectivity index (χ1n) is 10.4. The molecule has 1 saturated carbocycles. The van der Waals surface area contributed by atoms with Gasteiger partial charge in [-0.15, -0.1) is 0 Å². The van der Waals surface area contributed by atoms with Gasteiger partial charge in [0, 0.05) is 36.6 Å². The molecule has 1 aliphatic carbocycles. The quantitative estimate of drug-likeness (QED) is 0.325. The zero-order valence-electron chi connectivity index (χ0n) is 17.4. The van der Waals surface area contributed by atoms with E-state index in [0.717, 1.165) is 12.8 Å². The summed E-state index contributed by atoms with van der Waals surface area (Å²) in [6, 6.07) is 2.28. The van der Waals surface area contributed by atoms with Crippen LogP contribution in [-0.4, -0.2) is 40.8 Å². The molecule has 0 spiro atoms. The summed E-state index contributed by atoms with van der Waals surface area (Å²) in [5, 5.41) is 11.8. The van der Waals surface area contributed by atoms with E-state index >= 15 is 4.39 Å². The van der Waals surface area contributed by atoms with Gasteiger partial charge >= 0.3 is 6.09 Å². The predicted molar refractivity (Wildman–Crippen MR) is 114 cm³/mol. The molecule has 0 unspecified atom stereocenters. The van der Waals surface area contributed by atoms with Crippen molar-refractivity contribution < 1.29 is 19.1 Å². The Kier molecular flexibility index (Phi) is 5.34. The van der Waals surface area contributed by atoms with Crippen molar-refractivity contribution in [3.63, 3.8) is 0 Å². The van der Waals surface area contributed by atoms with E-state index in [4.69, 9.17) is 10.9 Å². The van der Waals surface area contributed by atoms with Gasteiger partial charge in [-0.1, -0.05) is 0 Å². The first-order valence-corrected chi connectivity index (χ1v) is 10.4. The predicted octanol–water partition coefficient (Wildman–Crippen LogP) is 1.87. The minimum atomic E-state index is -1.09. The molecule has 10 heteroatoms. The van der Waals surface area contributed by atoms with Crippen LogP contribution >= 0.6 is 0 Å². The second kappa shape index (κ2) is 7.84. The number of pyridine rings is 1. The molecule has 2 aromatic rings. The highest BCUT2D eigenvalue weighted by Crippen LogP contribution is 2.41. The number of nitrogen functional groups attached to an aromatic ring is 1. The van der Waals surface area contributed by atoms with Crippen molar-refractivity contribution in [2.45, 2.75) is 45.2 Å². The van der Waals surface area contributed by atoms with Crippen LogP contribution in [0.25, 0.3) is 10.9 Å². The second-order valence-corrected chi connectivity index (χ2v) is 8.43. The van der Waals surface area contributed by atoms with Gasteiger partial charge in [0.1, 0.15) is 5.82 Å². The minimum Gasteiger partial charge on any atom is -0.465 e. The van der Waals surface area contributed by atoms with Crippen molar-refractivity contribution in [2.24, 2.45) is 11.8 Å². The summed E-state index contributed by atoms with van der Waals surface area (Å²) in [6.45, 7) is 4.61. The summed E-state index contributed by atoms with van der Waals surface area (Å²) in [7, 11) is 0. The maximum Gasteiger partial charge on any atom is 0.404 e. The maximum atomic E-state index is 15.4. The van der Waals surface area contributed by atoms with Crippen molar-refractivity contribution in [2.75, 3.05) is 18.0 Å². The number of rotatable bonds is 5. The molecule has 1 saturated heterocycles. The van der Waals surface area contributed by atoms with Crippen molar-refractivity contribution in [1.82, 2.24) is 15.3 Å². The van der Waals surface area contributed by atoms with Crippen LogP contribution in [0.15, 0.2) is 16.9 Å².